The number of nitrogens with one attached hydrogen (secondary N) is 2. The molecular formula is C25H36N2O3. The Hall–Kier alpha value is -2.82. The number of unbranched alkanes of at least 4 members (excludes halogenated alkanes) is 4. The van der Waals surface area contributed by atoms with Crippen LogP contribution in [0.2, 0.25) is 0 Å². The summed E-state index contributed by atoms with van der Waals surface area (Å²) >= 11 is 0. The Morgan fingerprint density at radius 3 is 1.90 bits per heavy atom. The highest BCUT2D eigenvalue weighted by atomic mass is 16.5. The molecule has 2 aromatic rings. The van der Waals surface area contributed by atoms with Gasteiger partial charge in [0.2, 0.25) is 0 Å². The van der Waals surface area contributed by atoms with Crippen molar-refractivity contribution in [1.29, 1.82) is 0 Å². The van der Waals surface area contributed by atoms with Gasteiger partial charge >= 0.3 is 6.03 Å². The van der Waals surface area contributed by atoms with E-state index in [0.29, 0.717) is 18.7 Å². The minimum atomic E-state index is -0.278. The average Bonchev–Trinajstić information content (AvgIpc) is 2.74. The molecule has 164 valence electrons. The highest BCUT2D eigenvalue weighted by molar-refractivity contribution is 5.89. The van der Waals surface area contributed by atoms with Crippen LogP contribution < -0.4 is 15.4 Å². The number of amides is 2. The smallest absolute Gasteiger partial charge is 0.319 e. The first kappa shape index (κ1) is 25.2. The van der Waals surface area contributed by atoms with E-state index in [2.05, 4.69) is 24.5 Å². The van der Waals surface area contributed by atoms with Gasteiger partial charge in [-0.05, 0) is 42.3 Å². The van der Waals surface area contributed by atoms with Gasteiger partial charge in [0.05, 0.1) is 7.11 Å². The molecule has 2 rings (SSSR count). The van der Waals surface area contributed by atoms with E-state index in [-0.39, 0.29) is 11.8 Å². The van der Waals surface area contributed by atoms with E-state index in [1.54, 1.807) is 26.2 Å². The molecule has 5 nitrogen and oxygen atoms in total. The van der Waals surface area contributed by atoms with E-state index >= 15 is 0 Å². The van der Waals surface area contributed by atoms with Crippen molar-refractivity contribution >= 4 is 17.5 Å². The standard InChI is InChI=1S/C18H20N2O3.C7H16/c1-13(21)11-14-3-7-16(8-4-14)20-18(22)19-12-15-5-9-17(23-2)10-6-15;1-3-5-7-6-4-2/h3-10H,11-12H2,1-2H3,(H2,19,20,22);3-7H2,1-2H3. The quantitative estimate of drug-likeness (QED) is 0.462. The molecule has 0 unspecified atom stereocenters. The van der Waals surface area contributed by atoms with Gasteiger partial charge < -0.3 is 15.4 Å². The molecule has 0 saturated heterocycles. The topological polar surface area (TPSA) is 67.4 Å². The van der Waals surface area contributed by atoms with Crippen molar-refractivity contribution in [2.24, 2.45) is 0 Å². The predicted molar refractivity (Wildman–Crippen MR) is 124 cm³/mol. The van der Waals surface area contributed by atoms with Gasteiger partial charge in [-0.25, -0.2) is 4.79 Å². The van der Waals surface area contributed by atoms with Crippen LogP contribution >= 0.6 is 0 Å². The lowest BCUT2D eigenvalue weighted by molar-refractivity contribution is -0.116. The van der Waals surface area contributed by atoms with Crippen molar-refractivity contribution < 1.29 is 14.3 Å². The van der Waals surface area contributed by atoms with Gasteiger partial charge in [0.25, 0.3) is 0 Å². The van der Waals surface area contributed by atoms with Crippen molar-refractivity contribution in [3.8, 4) is 5.75 Å². The maximum absolute atomic E-state index is 11.9. The number of hydrogen-bond donors (Lipinski definition) is 2. The van der Waals surface area contributed by atoms with Crippen molar-refractivity contribution in [1.82, 2.24) is 5.32 Å². The molecule has 0 heterocycles. The van der Waals surface area contributed by atoms with Crippen LogP contribution in [-0.2, 0) is 17.8 Å². The van der Waals surface area contributed by atoms with Gasteiger partial charge in [-0.1, -0.05) is 70.2 Å². The number of carbonyl (C=O) groups is 2. The van der Waals surface area contributed by atoms with E-state index in [1.807, 2.05) is 36.4 Å². The summed E-state index contributed by atoms with van der Waals surface area (Å²) in [6.45, 7) is 6.47. The lowest BCUT2D eigenvalue weighted by Gasteiger charge is -2.09. The number of ether oxygens (including phenoxy) is 1. The van der Waals surface area contributed by atoms with Crippen molar-refractivity contribution in [2.45, 2.75) is 65.8 Å². The Labute approximate surface area is 181 Å². The third kappa shape index (κ3) is 11.2. The summed E-state index contributed by atoms with van der Waals surface area (Å²) in [5.74, 6) is 0.895. The average molecular weight is 413 g/mol. The monoisotopic (exact) mass is 412 g/mol. The number of urea groups is 1. The fraction of sp³-hybridized carbons (Fsp3) is 0.440. The van der Waals surface area contributed by atoms with Gasteiger partial charge in [-0.15, -0.1) is 0 Å². The Balaban J connectivity index is 0.000000553. The molecule has 0 atom stereocenters. The Morgan fingerprint density at radius 2 is 1.40 bits per heavy atom. The van der Waals surface area contributed by atoms with Crippen LogP contribution in [0.5, 0.6) is 5.75 Å². The molecule has 0 spiro atoms. The number of anilines is 1. The highest BCUT2D eigenvalue weighted by Crippen LogP contribution is 2.12. The first-order valence-electron chi connectivity index (χ1n) is 10.7. The van der Waals surface area contributed by atoms with Crippen molar-refractivity contribution in [3.05, 3.63) is 59.7 Å². The minimum Gasteiger partial charge on any atom is -0.497 e. The molecule has 2 amide bonds. The van der Waals surface area contributed by atoms with E-state index < -0.39 is 0 Å². The number of rotatable bonds is 10. The molecule has 2 N–H and O–H groups in total. The van der Waals surface area contributed by atoms with Crippen molar-refractivity contribution in [2.75, 3.05) is 12.4 Å². The number of hydrogen-bond acceptors (Lipinski definition) is 3. The second-order valence-electron chi connectivity index (χ2n) is 7.29. The fourth-order valence-corrected chi connectivity index (χ4v) is 2.77. The molecule has 30 heavy (non-hydrogen) atoms. The molecule has 0 fully saturated rings. The molecule has 0 saturated carbocycles. The molecule has 0 aliphatic heterocycles. The Kier molecular flexibility index (Phi) is 12.7. The maximum Gasteiger partial charge on any atom is 0.319 e. The first-order chi connectivity index (χ1) is 14.5. The summed E-state index contributed by atoms with van der Waals surface area (Å²) < 4.78 is 5.09. The lowest BCUT2D eigenvalue weighted by atomic mass is 10.1. The van der Waals surface area contributed by atoms with Crippen LogP contribution in [0.25, 0.3) is 0 Å². The second-order valence-corrected chi connectivity index (χ2v) is 7.29. The molecule has 5 heteroatoms. The lowest BCUT2D eigenvalue weighted by Crippen LogP contribution is -2.28. The molecular weight excluding hydrogens is 376 g/mol. The summed E-state index contributed by atoms with van der Waals surface area (Å²) in [5.41, 5.74) is 2.60. The number of ketones is 1. The zero-order valence-electron chi connectivity index (χ0n) is 18.8. The molecule has 0 radical (unpaired) electrons. The predicted octanol–water partition coefficient (Wildman–Crippen LogP) is 6.13. The number of methoxy groups -OCH3 is 1. The van der Waals surface area contributed by atoms with Gasteiger partial charge in [0.1, 0.15) is 11.5 Å². The zero-order chi connectivity index (χ0) is 22.2. The molecule has 2 aromatic carbocycles. The zero-order valence-corrected chi connectivity index (χ0v) is 18.8. The molecule has 0 bridgehead atoms. The van der Waals surface area contributed by atoms with Crippen LogP contribution in [-0.4, -0.2) is 18.9 Å². The summed E-state index contributed by atoms with van der Waals surface area (Å²) in [6, 6.07) is 14.5. The van der Waals surface area contributed by atoms with E-state index in [0.717, 1.165) is 16.9 Å². The van der Waals surface area contributed by atoms with Gasteiger partial charge in [0, 0.05) is 18.7 Å². The summed E-state index contributed by atoms with van der Waals surface area (Å²) in [7, 11) is 1.61. The van der Waals surface area contributed by atoms with E-state index in [9.17, 15) is 9.59 Å². The van der Waals surface area contributed by atoms with Gasteiger partial charge in [0.15, 0.2) is 0 Å². The third-order valence-corrected chi connectivity index (χ3v) is 4.48. The normalized spacial score (nSPS) is 9.87. The maximum atomic E-state index is 11.9. The SMILES string of the molecule is CCCCCCC.COc1ccc(CNC(=O)Nc2ccc(CC(C)=O)cc2)cc1. The second kappa shape index (κ2) is 15.1. The van der Waals surface area contributed by atoms with Gasteiger partial charge in [-0.2, -0.15) is 0 Å². The van der Waals surface area contributed by atoms with Crippen LogP contribution in [0.1, 0.15) is 64.0 Å². The molecule has 0 aromatic heterocycles. The van der Waals surface area contributed by atoms with Crippen LogP contribution in [0, 0.1) is 0 Å². The Morgan fingerprint density at radius 1 is 0.833 bits per heavy atom. The number of benzene rings is 2. The number of carbonyl (C=O) groups excluding carboxylic acids is 2. The van der Waals surface area contributed by atoms with Crippen molar-refractivity contribution in [3.63, 3.8) is 0 Å². The highest BCUT2D eigenvalue weighted by Gasteiger charge is 2.03. The first-order valence-corrected chi connectivity index (χ1v) is 10.7. The van der Waals surface area contributed by atoms with Crippen LogP contribution in [0.4, 0.5) is 10.5 Å². The van der Waals surface area contributed by atoms with Gasteiger partial charge in [-0.3, -0.25) is 4.79 Å². The fourth-order valence-electron chi connectivity index (χ4n) is 2.77. The number of Topliss-reactive ketones (excluding diaryl/α,β-unsaturated/α-hetero) is 1. The summed E-state index contributed by atoms with van der Waals surface area (Å²) in [5, 5.41) is 5.54. The third-order valence-electron chi connectivity index (χ3n) is 4.48. The minimum absolute atomic E-state index is 0.114. The van der Waals surface area contributed by atoms with Crippen LogP contribution in [0.15, 0.2) is 48.5 Å². The van der Waals surface area contributed by atoms with E-state index in [1.165, 1.54) is 32.1 Å². The van der Waals surface area contributed by atoms with E-state index in [4.69, 9.17) is 4.74 Å². The largest absolute Gasteiger partial charge is 0.497 e. The Bertz CT molecular complexity index is 736. The summed E-state index contributed by atoms with van der Waals surface area (Å²) in [6.07, 6.45) is 7.42. The molecule has 0 aliphatic rings. The summed E-state index contributed by atoms with van der Waals surface area (Å²) in [4.78, 5) is 22.9. The molecule has 0 aliphatic carbocycles. The van der Waals surface area contributed by atoms with Crippen LogP contribution in [0.3, 0.4) is 0 Å².